The molecule has 0 saturated heterocycles. The van der Waals surface area contributed by atoms with Crippen LogP contribution in [0.3, 0.4) is 0 Å². The number of amides is 1. The van der Waals surface area contributed by atoms with Gasteiger partial charge in [0.15, 0.2) is 11.6 Å². The summed E-state index contributed by atoms with van der Waals surface area (Å²) in [6.07, 6.45) is -5.42. The third-order valence-corrected chi connectivity index (χ3v) is 7.31. The highest BCUT2D eigenvalue weighted by molar-refractivity contribution is 6.01. The van der Waals surface area contributed by atoms with Crippen molar-refractivity contribution in [2.24, 2.45) is 4.99 Å². The third-order valence-electron chi connectivity index (χ3n) is 7.31. The van der Waals surface area contributed by atoms with Crippen LogP contribution in [-0.2, 0) is 31.8 Å². The Morgan fingerprint density at radius 2 is 1.73 bits per heavy atom. The molecular formula is C35H40F3N3O7. The molecule has 0 unspecified atom stereocenters. The van der Waals surface area contributed by atoms with E-state index < -0.39 is 40.9 Å². The first-order valence-electron chi connectivity index (χ1n) is 15.4. The van der Waals surface area contributed by atoms with Crippen molar-refractivity contribution < 1.29 is 46.8 Å². The van der Waals surface area contributed by atoms with Crippen LogP contribution in [0.25, 0.3) is 0 Å². The minimum atomic E-state index is -4.52. The number of hydrogen-bond donors (Lipinski definition) is 3. The van der Waals surface area contributed by atoms with E-state index in [4.69, 9.17) is 29.0 Å². The highest BCUT2D eigenvalue weighted by atomic mass is 19.4. The molecule has 0 radical (unpaired) electrons. The maximum Gasteiger partial charge on any atom is 0.416 e. The summed E-state index contributed by atoms with van der Waals surface area (Å²) in [5.74, 6) is -0.0447. The van der Waals surface area contributed by atoms with E-state index in [1.54, 1.807) is 69.3 Å². The number of rotatable bonds is 14. The predicted octanol–water partition coefficient (Wildman–Crippen LogP) is 5.68. The minimum absolute atomic E-state index is 0.00334. The molecule has 1 amide bonds. The Morgan fingerprint density at radius 1 is 1.00 bits per heavy atom. The summed E-state index contributed by atoms with van der Waals surface area (Å²) in [5.41, 5.74) is 3.36. The van der Waals surface area contributed by atoms with Gasteiger partial charge in [0, 0.05) is 31.6 Å². The zero-order chi connectivity index (χ0) is 35.0. The van der Waals surface area contributed by atoms with E-state index in [2.05, 4.69) is 10.9 Å². The lowest BCUT2D eigenvalue weighted by molar-refractivity contribution is -0.155. The normalized spacial score (nSPS) is 17.7. The summed E-state index contributed by atoms with van der Waals surface area (Å²) in [5, 5.41) is 9.04. The first-order chi connectivity index (χ1) is 22.7. The Bertz CT molecular complexity index is 1590. The number of alkyl halides is 3. The SMILES string of the molecule is COc1cccc([C@@H]2OC(c3ccc(OCCCO)cc3)=N[C@]2(CCC(=O)OC(C)(C)C)C(=O)NNCc2cccc(C(F)(F)F)c2)c1. The molecule has 3 N–H and O–H groups in total. The van der Waals surface area contributed by atoms with Crippen LogP contribution < -0.4 is 20.3 Å². The van der Waals surface area contributed by atoms with Gasteiger partial charge >= 0.3 is 12.1 Å². The highest BCUT2D eigenvalue weighted by Crippen LogP contribution is 2.44. The summed E-state index contributed by atoms with van der Waals surface area (Å²) < 4.78 is 62.8. The van der Waals surface area contributed by atoms with Gasteiger partial charge in [-0.15, -0.1) is 0 Å². The van der Waals surface area contributed by atoms with Crippen molar-refractivity contribution in [2.45, 2.75) is 70.0 Å². The average Bonchev–Trinajstić information content (AvgIpc) is 3.44. The van der Waals surface area contributed by atoms with Gasteiger partial charge in [0.05, 0.1) is 19.3 Å². The molecule has 1 heterocycles. The number of nitrogens with zero attached hydrogens (tertiary/aromatic N) is 1. The van der Waals surface area contributed by atoms with E-state index in [0.29, 0.717) is 35.7 Å². The molecule has 0 aliphatic carbocycles. The quantitative estimate of drug-likeness (QED) is 0.114. The fraction of sp³-hybridized carbons (Fsp3) is 0.400. The van der Waals surface area contributed by atoms with Gasteiger partial charge in [-0.2, -0.15) is 13.2 Å². The number of methoxy groups -OCH3 is 1. The maximum atomic E-state index is 14.2. The van der Waals surface area contributed by atoms with E-state index in [1.165, 1.54) is 19.2 Å². The molecule has 1 aliphatic rings. The van der Waals surface area contributed by atoms with Crippen LogP contribution in [0.15, 0.2) is 77.8 Å². The molecule has 13 heteroatoms. The Kier molecular flexibility index (Phi) is 11.7. The van der Waals surface area contributed by atoms with Gasteiger partial charge in [0.1, 0.15) is 17.1 Å². The van der Waals surface area contributed by atoms with Gasteiger partial charge < -0.3 is 24.1 Å². The minimum Gasteiger partial charge on any atom is -0.497 e. The van der Waals surface area contributed by atoms with Crippen molar-refractivity contribution in [3.05, 3.63) is 95.1 Å². The summed E-state index contributed by atoms with van der Waals surface area (Å²) >= 11 is 0. The average molecular weight is 672 g/mol. The molecule has 10 nitrogen and oxygen atoms in total. The van der Waals surface area contributed by atoms with Gasteiger partial charge in [-0.1, -0.05) is 30.3 Å². The Balaban J connectivity index is 1.70. The Labute approximate surface area is 277 Å². The number of aliphatic hydroxyl groups excluding tert-OH is 1. The number of benzene rings is 3. The number of aliphatic imine (C=N–C) groups is 1. The lowest BCUT2D eigenvalue weighted by Crippen LogP contribution is -2.52. The fourth-order valence-electron chi connectivity index (χ4n) is 5.05. The molecule has 0 fully saturated rings. The molecule has 0 spiro atoms. The second-order valence-corrected chi connectivity index (χ2v) is 12.2. The van der Waals surface area contributed by atoms with Crippen molar-refractivity contribution in [1.82, 2.24) is 10.9 Å². The first kappa shape index (κ1) is 36.2. The Hall–Kier alpha value is -4.62. The number of ether oxygens (including phenoxy) is 4. The molecule has 4 rings (SSSR count). The van der Waals surface area contributed by atoms with E-state index in [-0.39, 0.29) is 37.5 Å². The van der Waals surface area contributed by atoms with Crippen molar-refractivity contribution in [3.63, 3.8) is 0 Å². The lowest BCUT2D eigenvalue weighted by atomic mass is 9.83. The number of hydrogen-bond acceptors (Lipinski definition) is 9. The highest BCUT2D eigenvalue weighted by Gasteiger charge is 2.53. The summed E-state index contributed by atoms with van der Waals surface area (Å²) in [7, 11) is 1.50. The smallest absolute Gasteiger partial charge is 0.416 e. The molecular weight excluding hydrogens is 631 g/mol. The van der Waals surface area contributed by atoms with Gasteiger partial charge in [-0.05, 0) is 80.8 Å². The van der Waals surface area contributed by atoms with Crippen molar-refractivity contribution in [2.75, 3.05) is 20.3 Å². The molecule has 0 saturated carbocycles. The van der Waals surface area contributed by atoms with E-state index in [1.807, 2.05) is 0 Å². The van der Waals surface area contributed by atoms with E-state index in [9.17, 15) is 22.8 Å². The number of carbonyl (C=O) groups excluding carboxylic acids is 2. The number of aliphatic hydroxyl groups is 1. The standard InChI is InChI=1S/C35H40F3N3O7/c1-33(2,3)48-29(43)16-17-34(32(44)41-39-22-23-8-5-10-26(20-23)35(36,37)38)30(25-9-6-11-28(21-25)45-4)47-31(40-34)24-12-14-27(15-13-24)46-19-7-18-42/h5-6,8-15,20-21,30,39,42H,7,16-19,22H2,1-4H3,(H,41,44)/t30-,34-/m0/s1. The first-order valence-corrected chi connectivity index (χ1v) is 15.4. The summed E-state index contributed by atoms with van der Waals surface area (Å²) in [4.78, 5) is 32.0. The molecule has 3 aromatic rings. The molecule has 0 aromatic heterocycles. The number of carbonyl (C=O) groups is 2. The van der Waals surface area contributed by atoms with Crippen LogP contribution in [0.1, 0.15) is 68.4 Å². The van der Waals surface area contributed by atoms with Crippen LogP contribution in [0.2, 0.25) is 0 Å². The number of halogens is 3. The number of nitrogens with one attached hydrogen (secondary N) is 2. The zero-order valence-electron chi connectivity index (χ0n) is 27.2. The van der Waals surface area contributed by atoms with E-state index in [0.717, 1.165) is 12.1 Å². The van der Waals surface area contributed by atoms with E-state index >= 15 is 0 Å². The van der Waals surface area contributed by atoms with Crippen LogP contribution in [0.4, 0.5) is 13.2 Å². The molecule has 3 aromatic carbocycles. The maximum absolute atomic E-state index is 14.2. The lowest BCUT2D eigenvalue weighted by Gasteiger charge is -2.31. The van der Waals surface area contributed by atoms with Gasteiger partial charge in [0.25, 0.3) is 5.91 Å². The topological polar surface area (TPSA) is 128 Å². The van der Waals surface area contributed by atoms with Crippen molar-refractivity contribution in [1.29, 1.82) is 0 Å². The number of esters is 1. The monoisotopic (exact) mass is 671 g/mol. The van der Waals surface area contributed by atoms with Gasteiger partial charge in [-0.3, -0.25) is 15.0 Å². The van der Waals surface area contributed by atoms with Gasteiger partial charge in [0.2, 0.25) is 5.90 Å². The third kappa shape index (κ3) is 9.48. The van der Waals surface area contributed by atoms with Crippen LogP contribution >= 0.6 is 0 Å². The van der Waals surface area contributed by atoms with Crippen LogP contribution in [0.5, 0.6) is 11.5 Å². The molecule has 1 aliphatic heterocycles. The second-order valence-electron chi connectivity index (χ2n) is 12.2. The zero-order valence-corrected chi connectivity index (χ0v) is 27.2. The molecule has 2 atom stereocenters. The molecule has 48 heavy (non-hydrogen) atoms. The number of hydrazine groups is 1. The molecule has 258 valence electrons. The van der Waals surface area contributed by atoms with Crippen molar-refractivity contribution >= 4 is 17.8 Å². The predicted molar refractivity (Wildman–Crippen MR) is 171 cm³/mol. The Morgan fingerprint density at radius 3 is 2.40 bits per heavy atom. The second kappa shape index (κ2) is 15.5. The van der Waals surface area contributed by atoms with Crippen LogP contribution in [0, 0.1) is 0 Å². The summed E-state index contributed by atoms with van der Waals surface area (Å²) in [6.45, 7) is 5.39. The van der Waals surface area contributed by atoms with Crippen LogP contribution in [-0.4, -0.2) is 54.3 Å². The van der Waals surface area contributed by atoms with Gasteiger partial charge in [-0.25, -0.2) is 10.4 Å². The molecule has 0 bridgehead atoms. The fourth-order valence-corrected chi connectivity index (χ4v) is 5.05. The largest absolute Gasteiger partial charge is 0.497 e. The summed E-state index contributed by atoms with van der Waals surface area (Å²) in [6, 6.07) is 18.5. The van der Waals surface area contributed by atoms with Crippen molar-refractivity contribution in [3.8, 4) is 11.5 Å².